The average molecular weight is 418 g/mol. The zero-order chi connectivity index (χ0) is 20.9. The molecule has 3 rings (SSSR count). The molecular weight excluding hydrogens is 390 g/mol. The van der Waals surface area contributed by atoms with Crippen molar-refractivity contribution in [3.05, 3.63) is 58.3 Å². The van der Waals surface area contributed by atoms with Gasteiger partial charge in [-0.05, 0) is 30.4 Å². The van der Waals surface area contributed by atoms with Gasteiger partial charge in [0.1, 0.15) is 6.61 Å². The first-order chi connectivity index (χ1) is 13.9. The molecule has 3 atom stereocenters. The van der Waals surface area contributed by atoms with Crippen molar-refractivity contribution >= 4 is 23.3 Å². The van der Waals surface area contributed by atoms with E-state index in [2.05, 4.69) is 10.6 Å². The Bertz CT molecular complexity index is 811. The first-order valence-corrected chi connectivity index (χ1v) is 10.4. The van der Waals surface area contributed by atoms with Gasteiger partial charge in [0.25, 0.3) is 0 Å². The molecule has 0 saturated carbocycles. The summed E-state index contributed by atoms with van der Waals surface area (Å²) in [4.78, 5) is 27.9. The Morgan fingerprint density at radius 3 is 2.69 bits per heavy atom. The highest BCUT2D eigenvalue weighted by atomic mass is 32.1. The zero-order valence-electron chi connectivity index (χ0n) is 16.6. The largest absolute Gasteiger partial charge is 0.388 e. The SMILES string of the molecule is COCC(=O)NC1C(c2cccs2)N(C(=O)NCc2ccccc2)CCC1(C)O. The van der Waals surface area contributed by atoms with Crippen LogP contribution in [0.2, 0.25) is 0 Å². The van der Waals surface area contributed by atoms with Gasteiger partial charge >= 0.3 is 6.03 Å². The van der Waals surface area contributed by atoms with Gasteiger partial charge in [0, 0.05) is 25.1 Å². The van der Waals surface area contributed by atoms with Crippen LogP contribution in [0.1, 0.15) is 29.8 Å². The zero-order valence-corrected chi connectivity index (χ0v) is 17.4. The normalized spacial score (nSPS) is 24.2. The van der Waals surface area contributed by atoms with E-state index in [1.165, 1.54) is 18.4 Å². The molecule has 0 spiro atoms. The molecule has 0 aliphatic carbocycles. The Morgan fingerprint density at radius 1 is 1.28 bits per heavy atom. The minimum atomic E-state index is -1.16. The number of nitrogens with zero attached hydrogens (tertiary/aromatic N) is 1. The van der Waals surface area contributed by atoms with Gasteiger partial charge in [-0.2, -0.15) is 0 Å². The van der Waals surface area contributed by atoms with Crippen molar-refractivity contribution in [1.29, 1.82) is 0 Å². The molecule has 1 aromatic heterocycles. The molecule has 1 aliphatic heterocycles. The van der Waals surface area contributed by atoms with Crippen molar-refractivity contribution < 1.29 is 19.4 Å². The third-order valence-corrected chi connectivity index (χ3v) is 6.10. The number of hydrogen-bond acceptors (Lipinski definition) is 5. The lowest BCUT2D eigenvalue weighted by atomic mass is 9.82. The molecular formula is C21H27N3O4S. The van der Waals surface area contributed by atoms with Crippen LogP contribution < -0.4 is 10.6 Å². The Hall–Kier alpha value is -2.42. The molecule has 156 valence electrons. The summed E-state index contributed by atoms with van der Waals surface area (Å²) in [5.74, 6) is -0.328. The van der Waals surface area contributed by atoms with E-state index in [4.69, 9.17) is 4.74 Å². The fourth-order valence-corrected chi connectivity index (χ4v) is 4.50. The summed E-state index contributed by atoms with van der Waals surface area (Å²) in [6.45, 7) is 2.38. The highest BCUT2D eigenvalue weighted by molar-refractivity contribution is 7.10. The van der Waals surface area contributed by atoms with E-state index in [1.54, 1.807) is 11.8 Å². The molecule has 0 bridgehead atoms. The van der Waals surface area contributed by atoms with E-state index in [0.29, 0.717) is 19.5 Å². The van der Waals surface area contributed by atoms with Crippen LogP contribution in [0, 0.1) is 0 Å². The van der Waals surface area contributed by atoms with Gasteiger partial charge < -0.3 is 25.4 Å². The quantitative estimate of drug-likeness (QED) is 0.673. The molecule has 3 amide bonds. The number of amides is 3. The Balaban J connectivity index is 1.83. The van der Waals surface area contributed by atoms with Gasteiger partial charge in [-0.25, -0.2) is 4.79 Å². The Labute approximate surface area is 174 Å². The van der Waals surface area contributed by atoms with Gasteiger partial charge in [0.15, 0.2) is 0 Å². The number of benzene rings is 1. The van der Waals surface area contributed by atoms with Gasteiger partial charge in [-0.3, -0.25) is 4.79 Å². The van der Waals surface area contributed by atoms with E-state index in [9.17, 15) is 14.7 Å². The van der Waals surface area contributed by atoms with Gasteiger partial charge in [-0.1, -0.05) is 36.4 Å². The lowest BCUT2D eigenvalue weighted by Crippen LogP contribution is -2.64. The average Bonchev–Trinajstić information content (AvgIpc) is 3.23. The number of ether oxygens (including phenoxy) is 1. The van der Waals surface area contributed by atoms with Crippen LogP contribution in [-0.2, 0) is 16.1 Å². The maximum absolute atomic E-state index is 13.0. The van der Waals surface area contributed by atoms with E-state index in [0.717, 1.165) is 10.4 Å². The molecule has 0 radical (unpaired) electrons. The molecule has 8 heteroatoms. The molecule has 3 N–H and O–H groups in total. The molecule has 7 nitrogen and oxygen atoms in total. The summed E-state index contributed by atoms with van der Waals surface area (Å²) in [6, 6.07) is 12.1. The standard InChI is InChI=1S/C21H27N3O4S/c1-21(27)10-11-24(20(26)22-13-15-7-4-3-5-8-15)18(16-9-6-12-29-16)19(21)23-17(25)14-28-2/h3-9,12,18-19,27H,10-11,13-14H2,1-2H3,(H,22,26)(H,23,25). The van der Waals surface area contributed by atoms with Crippen LogP contribution >= 0.6 is 11.3 Å². The lowest BCUT2D eigenvalue weighted by Gasteiger charge is -2.48. The first-order valence-electron chi connectivity index (χ1n) is 9.55. The smallest absolute Gasteiger partial charge is 0.318 e. The first kappa shape index (κ1) is 21.3. The van der Waals surface area contributed by atoms with Crippen molar-refractivity contribution in [2.45, 2.75) is 37.6 Å². The lowest BCUT2D eigenvalue weighted by molar-refractivity contribution is -0.130. The van der Waals surface area contributed by atoms with Crippen LogP contribution in [-0.4, -0.2) is 53.8 Å². The van der Waals surface area contributed by atoms with Gasteiger partial charge in [-0.15, -0.1) is 11.3 Å². The third kappa shape index (κ3) is 5.14. The minimum absolute atomic E-state index is 0.107. The van der Waals surface area contributed by atoms with Crippen molar-refractivity contribution in [1.82, 2.24) is 15.5 Å². The van der Waals surface area contributed by atoms with Crippen LogP contribution in [0.3, 0.4) is 0 Å². The van der Waals surface area contributed by atoms with Crippen LogP contribution in [0.4, 0.5) is 4.79 Å². The molecule has 1 aromatic carbocycles. The Kier molecular flexibility index (Phi) is 6.89. The summed E-state index contributed by atoms with van der Waals surface area (Å²) < 4.78 is 4.92. The molecule has 3 unspecified atom stereocenters. The van der Waals surface area contributed by atoms with Crippen LogP contribution in [0.15, 0.2) is 47.8 Å². The summed E-state index contributed by atoms with van der Waals surface area (Å²) in [6.07, 6.45) is 0.353. The monoisotopic (exact) mass is 417 g/mol. The molecule has 2 heterocycles. The number of nitrogens with one attached hydrogen (secondary N) is 2. The summed E-state index contributed by atoms with van der Waals surface area (Å²) in [5.41, 5.74) is -0.156. The fraction of sp³-hybridized carbons (Fsp3) is 0.429. The Morgan fingerprint density at radius 2 is 2.03 bits per heavy atom. The van der Waals surface area contributed by atoms with Crippen LogP contribution in [0.5, 0.6) is 0 Å². The predicted molar refractivity (Wildman–Crippen MR) is 111 cm³/mol. The fourth-order valence-electron chi connectivity index (χ4n) is 3.62. The number of carbonyl (C=O) groups excluding carboxylic acids is 2. The van der Waals surface area contributed by atoms with E-state index >= 15 is 0 Å². The summed E-state index contributed by atoms with van der Waals surface area (Å²) >= 11 is 1.49. The number of methoxy groups -OCH3 is 1. The number of likely N-dealkylation sites (tertiary alicyclic amines) is 1. The third-order valence-electron chi connectivity index (χ3n) is 5.15. The number of aliphatic hydroxyl groups is 1. The predicted octanol–water partition coefficient (Wildman–Crippen LogP) is 2.29. The van der Waals surface area contributed by atoms with E-state index in [-0.39, 0.29) is 18.5 Å². The van der Waals surface area contributed by atoms with Crippen molar-refractivity contribution in [3.8, 4) is 0 Å². The molecule has 29 heavy (non-hydrogen) atoms. The van der Waals surface area contributed by atoms with E-state index < -0.39 is 17.7 Å². The number of thiophene rings is 1. The summed E-state index contributed by atoms with van der Waals surface area (Å²) in [7, 11) is 1.44. The van der Waals surface area contributed by atoms with Gasteiger partial charge in [0.05, 0.1) is 17.7 Å². The van der Waals surface area contributed by atoms with Crippen molar-refractivity contribution in [2.75, 3.05) is 20.3 Å². The maximum atomic E-state index is 13.0. The second-order valence-electron chi connectivity index (χ2n) is 7.38. The topological polar surface area (TPSA) is 90.9 Å². The highest BCUT2D eigenvalue weighted by Crippen LogP contribution is 2.38. The number of carbonyl (C=O) groups is 2. The van der Waals surface area contributed by atoms with E-state index in [1.807, 2.05) is 47.8 Å². The number of urea groups is 1. The number of rotatable bonds is 6. The summed E-state index contributed by atoms with van der Waals surface area (Å²) in [5, 5.41) is 18.8. The molecule has 2 aromatic rings. The van der Waals surface area contributed by atoms with Crippen molar-refractivity contribution in [3.63, 3.8) is 0 Å². The minimum Gasteiger partial charge on any atom is -0.388 e. The number of hydrogen-bond donors (Lipinski definition) is 3. The molecule has 1 aliphatic rings. The molecule has 1 fully saturated rings. The maximum Gasteiger partial charge on any atom is 0.318 e. The van der Waals surface area contributed by atoms with Gasteiger partial charge in [0.2, 0.25) is 5.91 Å². The van der Waals surface area contributed by atoms with Crippen molar-refractivity contribution in [2.24, 2.45) is 0 Å². The second kappa shape index (κ2) is 9.39. The second-order valence-corrected chi connectivity index (χ2v) is 8.36. The molecule has 1 saturated heterocycles. The van der Waals surface area contributed by atoms with Crippen LogP contribution in [0.25, 0.3) is 0 Å². The number of piperidine rings is 1. The highest BCUT2D eigenvalue weighted by Gasteiger charge is 2.48.